The molecule has 1 aromatic carbocycles. The van der Waals surface area contributed by atoms with Crippen molar-refractivity contribution >= 4 is 23.5 Å². The van der Waals surface area contributed by atoms with Crippen LogP contribution in [-0.4, -0.2) is 73.2 Å². The predicted molar refractivity (Wildman–Crippen MR) is 103 cm³/mol. The second kappa shape index (κ2) is 9.07. The van der Waals surface area contributed by atoms with Gasteiger partial charge in [0.05, 0.1) is 32.7 Å². The Hall–Kier alpha value is -3.30. The second-order valence-corrected chi connectivity index (χ2v) is 6.01. The average Bonchev–Trinajstić information content (AvgIpc) is 2.74. The number of ether oxygens (including phenoxy) is 3. The van der Waals surface area contributed by atoms with Crippen LogP contribution in [0.5, 0.6) is 11.5 Å². The van der Waals surface area contributed by atoms with Gasteiger partial charge in [0, 0.05) is 32.2 Å². The summed E-state index contributed by atoms with van der Waals surface area (Å²) in [5.41, 5.74) is 0.738. The van der Waals surface area contributed by atoms with Gasteiger partial charge in [0.25, 0.3) is 0 Å². The van der Waals surface area contributed by atoms with Gasteiger partial charge in [-0.3, -0.25) is 0 Å². The minimum atomic E-state index is -0.289. The molecule has 0 radical (unpaired) electrons. The topological polar surface area (TPSA) is 102 Å². The van der Waals surface area contributed by atoms with Gasteiger partial charge in [0.1, 0.15) is 11.5 Å². The molecular weight excluding hydrogens is 364 g/mol. The number of hydrogen-bond acceptors (Lipinski definition) is 9. The standard InChI is InChI=1S/C18H24N6O4/c1-4-28-18(25)24-9-7-23(8-10-24)17-21-16(12-19-22-17)20-14-6-5-13(26-2)11-15(14)27-3/h5-6,11-12H,4,7-10H2,1-3H3,(H,20,21,22). The van der Waals surface area contributed by atoms with Crippen molar-refractivity contribution in [2.45, 2.75) is 6.92 Å². The maximum atomic E-state index is 11.8. The van der Waals surface area contributed by atoms with E-state index < -0.39 is 0 Å². The Kier molecular flexibility index (Phi) is 6.30. The summed E-state index contributed by atoms with van der Waals surface area (Å²) in [6.45, 7) is 4.47. The number of aromatic nitrogens is 3. The van der Waals surface area contributed by atoms with Crippen LogP contribution in [0.15, 0.2) is 24.4 Å². The summed E-state index contributed by atoms with van der Waals surface area (Å²) >= 11 is 0. The number of carbonyl (C=O) groups is 1. The molecule has 1 fully saturated rings. The number of nitrogens with one attached hydrogen (secondary N) is 1. The molecule has 0 unspecified atom stereocenters. The van der Waals surface area contributed by atoms with Crippen molar-refractivity contribution in [3.05, 3.63) is 24.4 Å². The molecule has 10 heteroatoms. The van der Waals surface area contributed by atoms with Gasteiger partial charge in [0.2, 0.25) is 5.95 Å². The quantitative estimate of drug-likeness (QED) is 0.795. The van der Waals surface area contributed by atoms with Crippen molar-refractivity contribution in [1.29, 1.82) is 0 Å². The molecule has 0 aliphatic carbocycles. The molecule has 1 aliphatic heterocycles. The monoisotopic (exact) mass is 388 g/mol. The van der Waals surface area contributed by atoms with E-state index in [9.17, 15) is 4.79 Å². The van der Waals surface area contributed by atoms with E-state index in [0.29, 0.717) is 56.1 Å². The zero-order chi connectivity index (χ0) is 19.9. The molecule has 0 atom stereocenters. The third-order valence-corrected chi connectivity index (χ3v) is 4.31. The number of piperazine rings is 1. The van der Waals surface area contributed by atoms with Crippen LogP contribution >= 0.6 is 0 Å². The Morgan fingerprint density at radius 1 is 1.18 bits per heavy atom. The maximum absolute atomic E-state index is 11.8. The number of amides is 1. The van der Waals surface area contributed by atoms with Crippen molar-refractivity contribution in [1.82, 2.24) is 20.1 Å². The lowest BCUT2D eigenvalue weighted by Crippen LogP contribution is -2.49. The number of hydrogen-bond donors (Lipinski definition) is 1. The second-order valence-electron chi connectivity index (χ2n) is 6.01. The van der Waals surface area contributed by atoms with Gasteiger partial charge in [-0.15, -0.1) is 5.10 Å². The summed E-state index contributed by atoms with van der Waals surface area (Å²) in [7, 11) is 3.19. The Morgan fingerprint density at radius 2 is 1.96 bits per heavy atom. The number of anilines is 3. The molecule has 0 bridgehead atoms. The first-order valence-corrected chi connectivity index (χ1v) is 9.00. The van der Waals surface area contributed by atoms with Gasteiger partial charge >= 0.3 is 6.09 Å². The van der Waals surface area contributed by atoms with Crippen molar-refractivity contribution in [3.63, 3.8) is 0 Å². The number of benzene rings is 1. The number of carbonyl (C=O) groups excluding carboxylic acids is 1. The summed E-state index contributed by atoms with van der Waals surface area (Å²) < 4.78 is 15.6. The molecule has 0 saturated carbocycles. The van der Waals surface area contributed by atoms with E-state index in [1.807, 2.05) is 17.0 Å². The third kappa shape index (κ3) is 4.51. The highest BCUT2D eigenvalue weighted by molar-refractivity contribution is 5.68. The van der Waals surface area contributed by atoms with Crippen LogP contribution in [0.3, 0.4) is 0 Å². The zero-order valence-corrected chi connectivity index (χ0v) is 16.2. The van der Waals surface area contributed by atoms with Gasteiger partial charge in [-0.25, -0.2) is 4.79 Å². The fourth-order valence-electron chi connectivity index (χ4n) is 2.83. The van der Waals surface area contributed by atoms with E-state index >= 15 is 0 Å². The first-order valence-electron chi connectivity index (χ1n) is 9.00. The van der Waals surface area contributed by atoms with E-state index in [0.717, 1.165) is 5.69 Å². The average molecular weight is 388 g/mol. The van der Waals surface area contributed by atoms with Crippen LogP contribution in [-0.2, 0) is 4.74 Å². The van der Waals surface area contributed by atoms with Crippen LogP contribution in [0.2, 0.25) is 0 Å². The normalized spacial score (nSPS) is 13.8. The molecule has 1 aromatic heterocycles. The lowest BCUT2D eigenvalue weighted by molar-refractivity contribution is 0.105. The first kappa shape index (κ1) is 19.5. The Bertz CT molecular complexity index is 810. The summed E-state index contributed by atoms with van der Waals surface area (Å²) in [6.07, 6.45) is 1.25. The molecule has 28 heavy (non-hydrogen) atoms. The van der Waals surface area contributed by atoms with Gasteiger partial charge in [-0.05, 0) is 19.1 Å². The van der Waals surface area contributed by atoms with E-state index in [1.54, 1.807) is 38.3 Å². The van der Waals surface area contributed by atoms with Crippen LogP contribution in [0, 0.1) is 0 Å². The summed E-state index contributed by atoms with van der Waals surface area (Å²) in [5, 5.41) is 11.4. The maximum Gasteiger partial charge on any atom is 0.409 e. The van der Waals surface area contributed by atoms with Crippen molar-refractivity contribution in [2.24, 2.45) is 0 Å². The van der Waals surface area contributed by atoms with Crippen molar-refractivity contribution in [2.75, 3.05) is 57.2 Å². The molecule has 2 aromatic rings. The number of rotatable bonds is 6. The highest BCUT2D eigenvalue weighted by atomic mass is 16.6. The highest BCUT2D eigenvalue weighted by Gasteiger charge is 2.23. The first-order chi connectivity index (χ1) is 13.6. The Labute approximate surface area is 163 Å². The molecule has 1 amide bonds. The summed E-state index contributed by atoms with van der Waals surface area (Å²) in [4.78, 5) is 20.0. The van der Waals surface area contributed by atoms with Gasteiger partial charge < -0.3 is 29.3 Å². The molecule has 10 nitrogen and oxygen atoms in total. The fourth-order valence-corrected chi connectivity index (χ4v) is 2.83. The summed E-state index contributed by atoms with van der Waals surface area (Å²) in [6, 6.07) is 5.46. The smallest absolute Gasteiger partial charge is 0.409 e. The van der Waals surface area contributed by atoms with Crippen LogP contribution in [0.1, 0.15) is 6.92 Å². The van der Waals surface area contributed by atoms with E-state index in [-0.39, 0.29) is 6.09 Å². The fraction of sp³-hybridized carbons (Fsp3) is 0.444. The molecule has 3 rings (SSSR count). The molecule has 1 saturated heterocycles. The van der Waals surface area contributed by atoms with E-state index in [4.69, 9.17) is 14.2 Å². The molecule has 0 spiro atoms. The largest absolute Gasteiger partial charge is 0.497 e. The van der Waals surface area contributed by atoms with Crippen molar-refractivity contribution in [3.8, 4) is 11.5 Å². The van der Waals surface area contributed by atoms with Gasteiger partial charge in [-0.2, -0.15) is 10.1 Å². The van der Waals surface area contributed by atoms with Crippen LogP contribution in [0.4, 0.5) is 22.2 Å². The van der Waals surface area contributed by atoms with E-state index in [1.165, 1.54) is 0 Å². The molecule has 1 N–H and O–H groups in total. The summed E-state index contributed by atoms with van der Waals surface area (Å²) in [5.74, 6) is 2.37. The lowest BCUT2D eigenvalue weighted by Gasteiger charge is -2.33. The number of methoxy groups -OCH3 is 2. The predicted octanol–water partition coefficient (Wildman–Crippen LogP) is 1.91. The molecule has 150 valence electrons. The SMILES string of the molecule is CCOC(=O)N1CCN(c2nncc(Nc3ccc(OC)cc3OC)n2)CC1. The van der Waals surface area contributed by atoms with Crippen LogP contribution in [0.25, 0.3) is 0 Å². The number of nitrogens with zero attached hydrogens (tertiary/aromatic N) is 5. The zero-order valence-electron chi connectivity index (χ0n) is 16.2. The Morgan fingerprint density at radius 3 is 2.64 bits per heavy atom. The minimum absolute atomic E-state index is 0.289. The third-order valence-electron chi connectivity index (χ3n) is 4.31. The molecule has 2 heterocycles. The van der Waals surface area contributed by atoms with E-state index in [2.05, 4.69) is 20.5 Å². The van der Waals surface area contributed by atoms with Gasteiger partial charge in [0.15, 0.2) is 5.82 Å². The molecule has 1 aliphatic rings. The molecular formula is C18H24N6O4. The Balaban J connectivity index is 1.68. The van der Waals surface area contributed by atoms with Crippen molar-refractivity contribution < 1.29 is 19.0 Å². The van der Waals surface area contributed by atoms with Gasteiger partial charge in [-0.1, -0.05) is 0 Å². The highest BCUT2D eigenvalue weighted by Crippen LogP contribution is 2.31. The minimum Gasteiger partial charge on any atom is -0.497 e. The lowest BCUT2D eigenvalue weighted by atomic mass is 10.2. The van der Waals surface area contributed by atoms with Crippen LogP contribution < -0.4 is 19.7 Å².